The van der Waals surface area contributed by atoms with Crippen molar-refractivity contribution in [3.05, 3.63) is 23.8 Å². The minimum absolute atomic E-state index is 0.0129. The van der Waals surface area contributed by atoms with E-state index in [1.807, 2.05) is 26.8 Å². The van der Waals surface area contributed by atoms with Crippen molar-refractivity contribution in [3.8, 4) is 0 Å². The lowest BCUT2D eigenvalue weighted by Crippen LogP contribution is -2.47. The Morgan fingerprint density at radius 1 is 1.35 bits per heavy atom. The van der Waals surface area contributed by atoms with E-state index < -0.39 is 23.2 Å². The standard InChI is InChI=1S/C25H38O6/c1-6-24(3,4)23(28)31-20-14-25(5,29)13-16-8-7-15(2)19(22(16)20)10-9-18-11-17(26)12-21(27)30-18/h7-8,13,15,17-20,22,26,29H,6,9-12,14H2,1-5H3/t15-,17+,18+,19-,20-,22-,25?/m0/s1. The summed E-state index contributed by atoms with van der Waals surface area (Å²) < 4.78 is 11.5. The molecule has 0 spiro atoms. The van der Waals surface area contributed by atoms with Gasteiger partial charge in [0.1, 0.15) is 12.2 Å². The van der Waals surface area contributed by atoms with Crippen LogP contribution in [0.15, 0.2) is 23.8 Å². The molecule has 0 radical (unpaired) electrons. The second kappa shape index (κ2) is 9.07. The number of allylic oxidation sites excluding steroid dienone is 2. The molecule has 6 nitrogen and oxygen atoms in total. The minimum Gasteiger partial charge on any atom is -0.462 e. The highest BCUT2D eigenvalue weighted by Gasteiger charge is 2.46. The molecule has 2 N–H and O–H groups in total. The third-order valence-electron chi connectivity index (χ3n) is 7.36. The second-order valence-electron chi connectivity index (χ2n) is 10.6. The third-order valence-corrected chi connectivity index (χ3v) is 7.36. The summed E-state index contributed by atoms with van der Waals surface area (Å²) in [6, 6.07) is 0. The van der Waals surface area contributed by atoms with Gasteiger partial charge in [0.05, 0.1) is 23.5 Å². The Hall–Kier alpha value is -1.66. The topological polar surface area (TPSA) is 93.1 Å². The van der Waals surface area contributed by atoms with Gasteiger partial charge in [0.25, 0.3) is 0 Å². The smallest absolute Gasteiger partial charge is 0.311 e. The van der Waals surface area contributed by atoms with Crippen LogP contribution in [0.1, 0.15) is 73.1 Å². The van der Waals surface area contributed by atoms with Crippen molar-refractivity contribution in [3.63, 3.8) is 0 Å². The average Bonchev–Trinajstić information content (AvgIpc) is 2.66. The number of cyclic esters (lactones) is 1. The Morgan fingerprint density at radius 2 is 2.06 bits per heavy atom. The summed E-state index contributed by atoms with van der Waals surface area (Å²) in [4.78, 5) is 24.6. The van der Waals surface area contributed by atoms with Crippen LogP contribution in [-0.4, -0.2) is 46.1 Å². The number of aliphatic hydroxyl groups is 2. The average molecular weight is 435 g/mol. The van der Waals surface area contributed by atoms with Crippen molar-refractivity contribution >= 4 is 11.9 Å². The van der Waals surface area contributed by atoms with Crippen LogP contribution in [0.25, 0.3) is 0 Å². The van der Waals surface area contributed by atoms with Crippen molar-refractivity contribution in [1.82, 2.24) is 0 Å². The van der Waals surface area contributed by atoms with Gasteiger partial charge in [-0.1, -0.05) is 26.0 Å². The molecule has 174 valence electrons. The summed E-state index contributed by atoms with van der Waals surface area (Å²) in [5.74, 6) is -0.144. The molecule has 0 bridgehead atoms. The molecule has 0 aromatic carbocycles. The zero-order valence-electron chi connectivity index (χ0n) is 19.5. The molecule has 1 heterocycles. The van der Waals surface area contributed by atoms with E-state index >= 15 is 0 Å². The van der Waals surface area contributed by atoms with Crippen LogP contribution in [0, 0.1) is 23.2 Å². The van der Waals surface area contributed by atoms with Gasteiger partial charge in [-0.25, -0.2) is 0 Å². The number of hydrogen-bond donors (Lipinski definition) is 2. The van der Waals surface area contributed by atoms with E-state index in [1.54, 1.807) is 6.92 Å². The second-order valence-corrected chi connectivity index (χ2v) is 10.6. The predicted octanol–water partition coefficient (Wildman–Crippen LogP) is 3.70. The zero-order chi connectivity index (χ0) is 23.0. The van der Waals surface area contributed by atoms with E-state index in [4.69, 9.17) is 9.47 Å². The number of ether oxygens (including phenoxy) is 2. The van der Waals surface area contributed by atoms with Crippen molar-refractivity contribution in [2.24, 2.45) is 23.2 Å². The predicted molar refractivity (Wildman–Crippen MR) is 117 cm³/mol. The van der Waals surface area contributed by atoms with Crippen LogP contribution in [-0.2, 0) is 19.1 Å². The Labute approximate surface area is 185 Å². The fourth-order valence-corrected chi connectivity index (χ4v) is 5.09. The molecule has 7 atom stereocenters. The zero-order valence-corrected chi connectivity index (χ0v) is 19.5. The summed E-state index contributed by atoms with van der Waals surface area (Å²) in [6.07, 6.45) is 7.77. The lowest BCUT2D eigenvalue weighted by atomic mass is 9.64. The van der Waals surface area contributed by atoms with Gasteiger partial charge in [-0.05, 0) is 63.5 Å². The van der Waals surface area contributed by atoms with E-state index in [0.717, 1.165) is 12.0 Å². The Kier molecular flexibility index (Phi) is 7.02. The highest BCUT2D eigenvalue weighted by Crippen LogP contribution is 2.46. The van der Waals surface area contributed by atoms with Gasteiger partial charge in [0.2, 0.25) is 0 Å². The van der Waals surface area contributed by atoms with E-state index in [0.29, 0.717) is 25.7 Å². The Bertz CT molecular complexity index is 749. The van der Waals surface area contributed by atoms with Gasteiger partial charge in [0.15, 0.2) is 0 Å². The van der Waals surface area contributed by atoms with Gasteiger partial charge in [0, 0.05) is 18.8 Å². The maximum absolute atomic E-state index is 12.9. The number of carbonyl (C=O) groups is 2. The first-order valence-electron chi connectivity index (χ1n) is 11.6. The fourth-order valence-electron chi connectivity index (χ4n) is 5.09. The molecule has 0 saturated carbocycles. The number of hydrogen-bond acceptors (Lipinski definition) is 6. The van der Waals surface area contributed by atoms with Crippen LogP contribution in [0.4, 0.5) is 0 Å². The molecular weight excluding hydrogens is 396 g/mol. The largest absolute Gasteiger partial charge is 0.462 e. The van der Waals surface area contributed by atoms with Gasteiger partial charge >= 0.3 is 11.9 Å². The number of fused-ring (bicyclic) bond motifs is 1. The quantitative estimate of drug-likeness (QED) is 0.619. The molecule has 0 amide bonds. The van der Waals surface area contributed by atoms with Crippen molar-refractivity contribution < 1.29 is 29.3 Å². The van der Waals surface area contributed by atoms with Gasteiger partial charge in [-0.2, -0.15) is 0 Å². The summed E-state index contributed by atoms with van der Waals surface area (Å²) in [7, 11) is 0. The molecule has 1 fully saturated rings. The molecule has 1 unspecified atom stereocenters. The highest BCUT2D eigenvalue weighted by atomic mass is 16.6. The summed E-state index contributed by atoms with van der Waals surface area (Å²) in [5, 5.41) is 20.7. The SMILES string of the molecule is CCC(C)(C)C(=O)O[C@H]1CC(C)(O)C=C2C=C[C@H](C)[C@H](CC[C@@H]3C[C@@H](O)CC(=O)O3)[C@H]21. The third kappa shape index (κ3) is 5.58. The van der Waals surface area contributed by atoms with E-state index in [2.05, 4.69) is 19.1 Å². The number of rotatable bonds is 6. The summed E-state index contributed by atoms with van der Waals surface area (Å²) >= 11 is 0. The highest BCUT2D eigenvalue weighted by molar-refractivity contribution is 5.76. The monoisotopic (exact) mass is 434 g/mol. The molecule has 1 saturated heterocycles. The molecule has 6 heteroatoms. The van der Waals surface area contributed by atoms with Gasteiger partial charge in [-0.15, -0.1) is 0 Å². The Morgan fingerprint density at radius 3 is 2.71 bits per heavy atom. The fraction of sp³-hybridized carbons (Fsp3) is 0.760. The van der Waals surface area contributed by atoms with Gasteiger partial charge in [-0.3, -0.25) is 9.59 Å². The lowest BCUT2D eigenvalue weighted by molar-refractivity contribution is -0.168. The summed E-state index contributed by atoms with van der Waals surface area (Å²) in [6.45, 7) is 9.65. The number of esters is 2. The molecule has 1 aliphatic heterocycles. The molecule has 0 aromatic rings. The van der Waals surface area contributed by atoms with Crippen LogP contribution < -0.4 is 0 Å². The van der Waals surface area contributed by atoms with Crippen molar-refractivity contribution in [2.75, 3.05) is 0 Å². The summed E-state index contributed by atoms with van der Waals surface area (Å²) in [5.41, 5.74) is -0.608. The van der Waals surface area contributed by atoms with Crippen LogP contribution in [0.2, 0.25) is 0 Å². The first-order valence-corrected chi connectivity index (χ1v) is 11.6. The van der Waals surface area contributed by atoms with Crippen LogP contribution >= 0.6 is 0 Å². The Balaban J connectivity index is 1.81. The molecule has 0 aromatic heterocycles. The molecular formula is C25H38O6. The first-order chi connectivity index (χ1) is 14.4. The van der Waals surface area contributed by atoms with Crippen molar-refractivity contribution in [1.29, 1.82) is 0 Å². The molecule has 3 rings (SSSR count). The maximum Gasteiger partial charge on any atom is 0.311 e. The van der Waals surface area contributed by atoms with Crippen LogP contribution in [0.5, 0.6) is 0 Å². The molecule has 3 aliphatic rings. The van der Waals surface area contributed by atoms with Crippen LogP contribution in [0.3, 0.4) is 0 Å². The van der Waals surface area contributed by atoms with E-state index in [9.17, 15) is 19.8 Å². The first kappa shape index (κ1) is 24.0. The lowest BCUT2D eigenvalue weighted by Gasteiger charge is -2.45. The number of carbonyl (C=O) groups excluding carboxylic acids is 2. The maximum atomic E-state index is 12.9. The normalized spacial score (nSPS) is 38.2. The van der Waals surface area contributed by atoms with Gasteiger partial charge < -0.3 is 19.7 Å². The number of aliphatic hydroxyl groups excluding tert-OH is 1. The van der Waals surface area contributed by atoms with Crippen molar-refractivity contribution in [2.45, 2.75) is 97.1 Å². The molecule has 2 aliphatic carbocycles. The van der Waals surface area contributed by atoms with E-state index in [1.165, 1.54) is 0 Å². The minimum atomic E-state index is -1.04. The molecule has 31 heavy (non-hydrogen) atoms. The van der Waals surface area contributed by atoms with E-state index in [-0.39, 0.29) is 42.2 Å².